The first kappa shape index (κ1) is 17.5. The largest absolute Gasteiger partial charge is 0.478 e. The molecule has 1 aromatic carbocycles. The second-order valence-electron chi connectivity index (χ2n) is 7.46. The van der Waals surface area contributed by atoms with E-state index < -0.39 is 5.97 Å². The van der Waals surface area contributed by atoms with Gasteiger partial charge in [0.15, 0.2) is 0 Å². The molecule has 2 aromatic heterocycles. The minimum Gasteiger partial charge on any atom is -0.478 e. The molecular formula is C21H23N3O3. The van der Waals surface area contributed by atoms with Crippen molar-refractivity contribution in [3.63, 3.8) is 0 Å². The van der Waals surface area contributed by atoms with Crippen molar-refractivity contribution in [3.05, 3.63) is 65.7 Å². The molecule has 0 bridgehead atoms. The van der Waals surface area contributed by atoms with Crippen molar-refractivity contribution < 1.29 is 14.3 Å². The van der Waals surface area contributed by atoms with Gasteiger partial charge in [0.05, 0.1) is 12.1 Å². The average molecular weight is 365 g/mol. The molecule has 0 unspecified atom stereocenters. The number of hydrogen-bond donors (Lipinski definition) is 2. The predicted octanol–water partition coefficient (Wildman–Crippen LogP) is 3.92. The van der Waals surface area contributed by atoms with E-state index in [0.29, 0.717) is 17.9 Å². The number of aromatic nitrogens is 2. The maximum Gasteiger partial charge on any atom is 0.336 e. The molecule has 4 rings (SSSR count). The van der Waals surface area contributed by atoms with Crippen LogP contribution in [-0.4, -0.2) is 39.3 Å². The van der Waals surface area contributed by atoms with Crippen LogP contribution in [0.4, 0.5) is 0 Å². The Labute approximate surface area is 157 Å². The first-order valence-corrected chi connectivity index (χ1v) is 9.19. The summed E-state index contributed by atoms with van der Waals surface area (Å²) in [5, 5.41) is 16.6. The molecule has 0 radical (unpaired) electrons. The van der Waals surface area contributed by atoms with Crippen molar-refractivity contribution in [2.45, 2.75) is 31.7 Å². The van der Waals surface area contributed by atoms with E-state index in [1.165, 1.54) is 5.69 Å². The standard InChI is InChI=1S/C21H23N3O3/c1-21(19-9-11-22-23-19)10-4-12-24(14-21)13-15-7-8-18(27-15)16-5-2-3-6-17(16)20(25)26/h2-3,5-9,11H,4,10,12-14H2,1H3,(H,22,23)(H,25,26)/t21-/m1/s1. The fourth-order valence-electron chi connectivity index (χ4n) is 4.00. The van der Waals surface area contributed by atoms with Gasteiger partial charge in [-0.05, 0) is 43.7 Å². The minimum absolute atomic E-state index is 0.0556. The number of aromatic carboxylic acids is 1. The van der Waals surface area contributed by atoms with E-state index in [0.717, 1.165) is 31.7 Å². The quantitative estimate of drug-likeness (QED) is 0.716. The molecule has 1 atom stereocenters. The van der Waals surface area contributed by atoms with Crippen LogP contribution >= 0.6 is 0 Å². The normalized spacial score (nSPS) is 20.6. The Bertz CT molecular complexity index is 932. The second-order valence-corrected chi connectivity index (χ2v) is 7.46. The van der Waals surface area contributed by atoms with E-state index >= 15 is 0 Å². The first-order valence-electron chi connectivity index (χ1n) is 9.19. The van der Waals surface area contributed by atoms with Crippen LogP contribution in [0.25, 0.3) is 11.3 Å². The molecule has 0 spiro atoms. The Balaban J connectivity index is 1.51. The zero-order valence-corrected chi connectivity index (χ0v) is 15.3. The summed E-state index contributed by atoms with van der Waals surface area (Å²) in [5.41, 5.74) is 2.09. The zero-order chi connectivity index (χ0) is 18.9. The molecule has 6 heteroatoms. The lowest BCUT2D eigenvalue weighted by Crippen LogP contribution is -2.44. The summed E-state index contributed by atoms with van der Waals surface area (Å²) < 4.78 is 6.00. The lowest BCUT2D eigenvalue weighted by atomic mass is 9.79. The molecule has 6 nitrogen and oxygen atoms in total. The van der Waals surface area contributed by atoms with Crippen LogP contribution in [0.5, 0.6) is 0 Å². The number of H-pyrrole nitrogens is 1. The molecule has 2 N–H and O–H groups in total. The predicted molar refractivity (Wildman–Crippen MR) is 102 cm³/mol. The Morgan fingerprint density at radius 3 is 2.93 bits per heavy atom. The molecule has 1 aliphatic rings. The second kappa shape index (κ2) is 7.04. The van der Waals surface area contributed by atoms with E-state index in [2.05, 4.69) is 28.1 Å². The number of carboxylic acid groups (broad SMARTS) is 1. The Hall–Kier alpha value is -2.86. The molecule has 0 saturated carbocycles. The maximum atomic E-state index is 11.4. The Morgan fingerprint density at radius 1 is 1.30 bits per heavy atom. The molecule has 1 fully saturated rings. The van der Waals surface area contributed by atoms with E-state index in [1.54, 1.807) is 24.4 Å². The highest BCUT2D eigenvalue weighted by atomic mass is 16.4. The zero-order valence-electron chi connectivity index (χ0n) is 15.3. The van der Waals surface area contributed by atoms with Crippen LogP contribution in [0.15, 0.2) is 53.1 Å². The molecule has 3 aromatic rings. The summed E-state index contributed by atoms with van der Waals surface area (Å²) in [4.78, 5) is 13.8. The number of nitrogens with one attached hydrogen (secondary N) is 1. The van der Waals surface area contributed by atoms with Gasteiger partial charge in [-0.2, -0.15) is 5.10 Å². The van der Waals surface area contributed by atoms with Crippen molar-refractivity contribution in [3.8, 4) is 11.3 Å². The van der Waals surface area contributed by atoms with Crippen molar-refractivity contribution >= 4 is 5.97 Å². The van der Waals surface area contributed by atoms with Gasteiger partial charge in [0.2, 0.25) is 0 Å². The van der Waals surface area contributed by atoms with Crippen molar-refractivity contribution in [2.75, 3.05) is 13.1 Å². The van der Waals surface area contributed by atoms with Gasteiger partial charge < -0.3 is 9.52 Å². The molecule has 3 heterocycles. The third-order valence-electron chi connectivity index (χ3n) is 5.39. The highest BCUT2D eigenvalue weighted by molar-refractivity contribution is 5.95. The third kappa shape index (κ3) is 3.53. The Morgan fingerprint density at radius 2 is 2.15 bits per heavy atom. The van der Waals surface area contributed by atoms with Crippen LogP contribution in [0, 0.1) is 0 Å². The number of furan rings is 1. The van der Waals surface area contributed by atoms with Gasteiger partial charge in [-0.1, -0.05) is 25.1 Å². The maximum absolute atomic E-state index is 11.4. The number of carboxylic acids is 1. The Kier molecular flexibility index (Phi) is 4.58. The van der Waals surface area contributed by atoms with E-state index in [1.807, 2.05) is 18.2 Å². The molecular weight excluding hydrogens is 342 g/mol. The summed E-state index contributed by atoms with van der Waals surface area (Å²) in [6, 6.07) is 12.8. The van der Waals surface area contributed by atoms with Crippen LogP contribution < -0.4 is 0 Å². The fraction of sp³-hybridized carbons (Fsp3) is 0.333. The van der Waals surface area contributed by atoms with Crippen molar-refractivity contribution in [1.82, 2.24) is 15.1 Å². The van der Waals surface area contributed by atoms with Crippen molar-refractivity contribution in [2.24, 2.45) is 0 Å². The van der Waals surface area contributed by atoms with Gasteiger partial charge in [-0.25, -0.2) is 4.79 Å². The van der Waals surface area contributed by atoms with E-state index in [-0.39, 0.29) is 11.0 Å². The molecule has 1 aliphatic heterocycles. The van der Waals surface area contributed by atoms with Crippen LogP contribution in [0.2, 0.25) is 0 Å². The topological polar surface area (TPSA) is 82.4 Å². The number of hydrogen-bond acceptors (Lipinski definition) is 4. The van der Waals surface area contributed by atoms with Gasteiger partial charge in [-0.3, -0.25) is 10.00 Å². The van der Waals surface area contributed by atoms with E-state index in [9.17, 15) is 9.90 Å². The van der Waals surface area contributed by atoms with Gasteiger partial charge >= 0.3 is 5.97 Å². The summed E-state index contributed by atoms with van der Waals surface area (Å²) in [6.45, 7) is 4.92. The van der Waals surface area contributed by atoms with Gasteiger partial charge in [0.25, 0.3) is 0 Å². The van der Waals surface area contributed by atoms with Crippen LogP contribution in [0.1, 0.15) is 41.6 Å². The average Bonchev–Trinajstić information content (AvgIpc) is 3.34. The minimum atomic E-state index is -0.949. The molecule has 0 amide bonds. The summed E-state index contributed by atoms with van der Waals surface area (Å²) >= 11 is 0. The van der Waals surface area contributed by atoms with Crippen LogP contribution in [0.3, 0.4) is 0 Å². The third-order valence-corrected chi connectivity index (χ3v) is 5.39. The lowest BCUT2D eigenvalue weighted by molar-refractivity contribution is 0.0697. The SMILES string of the molecule is C[C@@]1(c2ccn[nH]2)CCCN(Cc2ccc(-c3ccccc3C(=O)O)o2)C1. The number of aromatic amines is 1. The van der Waals surface area contributed by atoms with E-state index in [4.69, 9.17) is 4.42 Å². The highest BCUT2D eigenvalue weighted by Crippen LogP contribution is 2.33. The number of benzene rings is 1. The molecule has 1 saturated heterocycles. The summed E-state index contributed by atoms with van der Waals surface area (Å²) in [7, 11) is 0. The number of rotatable bonds is 5. The van der Waals surface area contributed by atoms with Gasteiger partial charge in [-0.15, -0.1) is 0 Å². The first-order chi connectivity index (χ1) is 13.0. The number of likely N-dealkylation sites (tertiary alicyclic amines) is 1. The van der Waals surface area contributed by atoms with Crippen LogP contribution in [-0.2, 0) is 12.0 Å². The number of nitrogens with zero attached hydrogens (tertiary/aromatic N) is 2. The fourth-order valence-corrected chi connectivity index (χ4v) is 4.00. The monoisotopic (exact) mass is 365 g/mol. The molecule has 140 valence electrons. The highest BCUT2D eigenvalue weighted by Gasteiger charge is 2.34. The summed E-state index contributed by atoms with van der Waals surface area (Å²) in [6.07, 6.45) is 4.05. The number of carbonyl (C=O) groups is 1. The van der Waals surface area contributed by atoms with Crippen molar-refractivity contribution in [1.29, 1.82) is 0 Å². The smallest absolute Gasteiger partial charge is 0.336 e. The summed E-state index contributed by atoms with van der Waals surface area (Å²) in [5.74, 6) is 0.491. The lowest BCUT2D eigenvalue weighted by Gasteiger charge is -2.39. The molecule has 0 aliphatic carbocycles. The number of piperidine rings is 1. The van der Waals surface area contributed by atoms with Gasteiger partial charge in [0.1, 0.15) is 11.5 Å². The van der Waals surface area contributed by atoms with Gasteiger partial charge in [0, 0.05) is 29.4 Å². The molecule has 27 heavy (non-hydrogen) atoms.